The Morgan fingerprint density at radius 2 is 2.25 bits per heavy atom. The van der Waals surface area contributed by atoms with E-state index in [1.54, 1.807) is 6.07 Å². The summed E-state index contributed by atoms with van der Waals surface area (Å²) < 4.78 is 5.87. The molecule has 0 unspecified atom stereocenters. The Hall–Kier alpha value is -0.580. The molecule has 1 aromatic rings. The number of rotatable bonds is 2. The Balaban J connectivity index is 2.93. The summed E-state index contributed by atoms with van der Waals surface area (Å²) in [5, 5.41) is 0. The topological polar surface area (TPSA) is 26.3 Å². The van der Waals surface area contributed by atoms with Crippen LogP contribution in [0.5, 0.6) is 0 Å². The predicted octanol–water partition coefficient (Wildman–Crippen LogP) is -1.64. The van der Waals surface area contributed by atoms with Gasteiger partial charge in [-0.3, -0.25) is 0 Å². The van der Waals surface area contributed by atoms with Crippen LogP contribution in [0.15, 0.2) is 24.3 Å². The van der Waals surface area contributed by atoms with Gasteiger partial charge in [0, 0.05) is 0 Å². The van der Waals surface area contributed by atoms with Crippen molar-refractivity contribution in [2.45, 2.75) is 0 Å². The molecule has 0 aliphatic carbocycles. The SMILES string of the molecule is COC(=O)c1cccc([I-]C)c1. The predicted molar refractivity (Wildman–Crippen MR) is 42.4 cm³/mol. The van der Waals surface area contributed by atoms with E-state index in [1.165, 1.54) is 10.7 Å². The van der Waals surface area contributed by atoms with Crippen molar-refractivity contribution in [1.82, 2.24) is 0 Å². The molecule has 0 saturated carbocycles. The molecular weight excluding hydrogens is 267 g/mol. The second-order valence-corrected chi connectivity index (χ2v) is 4.52. The average Bonchev–Trinajstić information content (AvgIpc) is 2.17. The van der Waals surface area contributed by atoms with Gasteiger partial charge in [-0.05, 0) is 0 Å². The van der Waals surface area contributed by atoms with E-state index >= 15 is 0 Å². The van der Waals surface area contributed by atoms with Crippen LogP contribution in [0.2, 0.25) is 0 Å². The van der Waals surface area contributed by atoms with Crippen molar-refractivity contribution in [3.05, 3.63) is 33.4 Å². The van der Waals surface area contributed by atoms with Crippen LogP contribution in [0.3, 0.4) is 0 Å². The molecule has 0 aliphatic heterocycles. The summed E-state index contributed by atoms with van der Waals surface area (Å²) in [5.74, 6) is -0.255. The number of carbonyl (C=O) groups excluding carboxylic acids is 1. The number of methoxy groups -OCH3 is 1. The number of esters is 1. The summed E-state index contributed by atoms with van der Waals surface area (Å²) in [7, 11) is 1.40. The summed E-state index contributed by atoms with van der Waals surface area (Å²) in [6, 6.07) is 7.61. The molecule has 0 amide bonds. The van der Waals surface area contributed by atoms with Crippen molar-refractivity contribution >= 4 is 5.97 Å². The maximum absolute atomic E-state index is 11.1. The molecule has 0 spiro atoms. The van der Waals surface area contributed by atoms with Crippen LogP contribution in [-0.4, -0.2) is 18.0 Å². The number of hydrogen-bond acceptors (Lipinski definition) is 2. The van der Waals surface area contributed by atoms with Gasteiger partial charge in [0.05, 0.1) is 0 Å². The molecule has 1 aromatic carbocycles. The molecule has 0 aromatic heterocycles. The Kier molecular flexibility index (Phi) is 3.52. The van der Waals surface area contributed by atoms with E-state index in [0.717, 1.165) is 0 Å². The maximum atomic E-state index is 11.1. The van der Waals surface area contributed by atoms with E-state index in [1.807, 2.05) is 18.2 Å². The van der Waals surface area contributed by atoms with Crippen molar-refractivity contribution in [1.29, 1.82) is 0 Å². The van der Waals surface area contributed by atoms with Gasteiger partial charge in [-0.2, -0.15) is 0 Å². The fourth-order valence-electron chi connectivity index (χ4n) is 0.851. The second-order valence-electron chi connectivity index (χ2n) is 2.19. The molecule has 0 aliphatic rings. The third-order valence-corrected chi connectivity index (χ3v) is 3.38. The quantitative estimate of drug-likeness (QED) is 0.368. The van der Waals surface area contributed by atoms with Crippen molar-refractivity contribution in [3.63, 3.8) is 0 Å². The fourth-order valence-corrected chi connectivity index (χ4v) is 2.06. The minimum atomic E-state index is -0.255. The van der Waals surface area contributed by atoms with E-state index in [2.05, 4.69) is 9.67 Å². The molecular formula is C9H10IO2-. The normalized spacial score (nSPS) is 9.83. The average molecular weight is 277 g/mol. The Labute approximate surface area is 82.2 Å². The van der Waals surface area contributed by atoms with Crippen molar-refractivity contribution in [3.8, 4) is 0 Å². The molecule has 3 heteroatoms. The Bertz CT molecular complexity index is 284. The molecule has 2 nitrogen and oxygen atoms in total. The van der Waals surface area contributed by atoms with Crippen molar-refractivity contribution in [2.75, 3.05) is 12.0 Å². The molecule has 0 fully saturated rings. The number of carbonyl (C=O) groups is 1. The summed E-state index contributed by atoms with van der Waals surface area (Å²) in [6.07, 6.45) is 0. The molecule has 12 heavy (non-hydrogen) atoms. The first-order chi connectivity index (χ1) is 5.77. The first kappa shape index (κ1) is 9.51. The van der Waals surface area contributed by atoms with Gasteiger partial charge in [0.25, 0.3) is 0 Å². The Morgan fingerprint density at radius 3 is 2.83 bits per heavy atom. The van der Waals surface area contributed by atoms with E-state index < -0.39 is 0 Å². The zero-order valence-corrected chi connectivity index (χ0v) is 9.16. The molecule has 0 heterocycles. The van der Waals surface area contributed by atoms with Gasteiger partial charge in [0.2, 0.25) is 0 Å². The van der Waals surface area contributed by atoms with Gasteiger partial charge in [-0.1, -0.05) is 0 Å². The molecule has 0 radical (unpaired) electrons. The van der Waals surface area contributed by atoms with E-state index in [0.29, 0.717) is 5.56 Å². The van der Waals surface area contributed by atoms with Crippen molar-refractivity contribution < 1.29 is 30.7 Å². The van der Waals surface area contributed by atoms with E-state index in [4.69, 9.17) is 0 Å². The minimum absolute atomic E-state index is 0.0539. The van der Waals surface area contributed by atoms with Gasteiger partial charge >= 0.3 is 82.1 Å². The van der Waals surface area contributed by atoms with Crippen LogP contribution in [0, 0.1) is 3.57 Å². The van der Waals surface area contributed by atoms with Gasteiger partial charge in [-0.15, -0.1) is 0 Å². The molecule has 0 saturated heterocycles. The summed E-state index contributed by atoms with van der Waals surface area (Å²) in [6.45, 7) is 0. The first-order valence-electron chi connectivity index (χ1n) is 3.45. The summed E-state index contributed by atoms with van der Waals surface area (Å²) >= 11 is 0.0539. The number of hydrogen-bond donors (Lipinski definition) is 0. The van der Waals surface area contributed by atoms with Crippen LogP contribution in [0.25, 0.3) is 0 Å². The van der Waals surface area contributed by atoms with Gasteiger partial charge in [-0.25, -0.2) is 0 Å². The van der Waals surface area contributed by atoms with Crippen LogP contribution in [0.1, 0.15) is 10.4 Å². The van der Waals surface area contributed by atoms with Crippen LogP contribution in [0.4, 0.5) is 0 Å². The molecule has 1 rings (SSSR count). The number of alkyl halides is 1. The molecule has 0 N–H and O–H groups in total. The number of halogens is 1. The molecule has 0 atom stereocenters. The standard InChI is InChI=1S/C9H10IO2/c1-10-8-5-3-4-7(6-8)9(11)12-2/h3-6H,1-2H3/q-1. The monoisotopic (exact) mass is 277 g/mol. The van der Waals surface area contributed by atoms with Gasteiger partial charge in [0.15, 0.2) is 0 Å². The zero-order chi connectivity index (χ0) is 8.97. The third-order valence-electron chi connectivity index (χ3n) is 1.46. The molecule has 0 bridgehead atoms. The molecule has 66 valence electrons. The number of benzene rings is 1. The third kappa shape index (κ3) is 2.20. The van der Waals surface area contributed by atoms with Crippen LogP contribution < -0.4 is 21.2 Å². The van der Waals surface area contributed by atoms with Gasteiger partial charge in [0.1, 0.15) is 0 Å². The van der Waals surface area contributed by atoms with Gasteiger partial charge < -0.3 is 0 Å². The van der Waals surface area contributed by atoms with Crippen LogP contribution in [-0.2, 0) is 4.74 Å². The fraction of sp³-hybridized carbons (Fsp3) is 0.222. The van der Waals surface area contributed by atoms with E-state index in [-0.39, 0.29) is 27.2 Å². The van der Waals surface area contributed by atoms with Crippen LogP contribution >= 0.6 is 0 Å². The Morgan fingerprint density at radius 1 is 1.50 bits per heavy atom. The second kappa shape index (κ2) is 4.45. The summed E-state index contributed by atoms with van der Waals surface area (Å²) in [5.41, 5.74) is 0.650. The van der Waals surface area contributed by atoms with Crippen molar-refractivity contribution in [2.24, 2.45) is 0 Å². The number of ether oxygens (including phenoxy) is 1. The van der Waals surface area contributed by atoms with E-state index in [9.17, 15) is 4.79 Å². The first-order valence-corrected chi connectivity index (χ1v) is 6.69. The summed E-state index contributed by atoms with van der Waals surface area (Å²) in [4.78, 5) is 13.2. The zero-order valence-electron chi connectivity index (χ0n) is 7.00.